The first-order valence-corrected chi connectivity index (χ1v) is 5.38. The average molecular weight is 242 g/mol. The lowest BCUT2D eigenvalue weighted by atomic mass is 10.1. The highest BCUT2D eigenvalue weighted by Gasteiger charge is 2.57. The topological polar surface area (TPSA) is 91.4 Å². The Morgan fingerprint density at radius 3 is 2.71 bits per heavy atom. The van der Waals surface area contributed by atoms with Crippen LogP contribution in [-0.4, -0.2) is 52.0 Å². The van der Waals surface area contributed by atoms with Crippen LogP contribution in [0.5, 0.6) is 0 Å². The molecule has 0 radical (unpaired) electrons. The standard InChI is InChI=1S/C9H14N4O4/c1-9(2)16-4-5(7-10-12-13-11-7)15-8(14-3)6(4)17-9/h4-6,8H,1-3H3,(H,10,11,12,13)/t4-,5+,6-,8-/m1/s1. The maximum atomic E-state index is 5.80. The van der Waals surface area contributed by atoms with Gasteiger partial charge in [-0.2, -0.15) is 0 Å². The first kappa shape index (κ1) is 11.0. The maximum absolute atomic E-state index is 5.80. The van der Waals surface area contributed by atoms with Crippen LogP contribution in [0, 0.1) is 0 Å². The van der Waals surface area contributed by atoms with Crippen molar-refractivity contribution in [1.82, 2.24) is 20.6 Å². The number of aromatic nitrogens is 4. The molecule has 1 aromatic heterocycles. The molecular formula is C9H14N4O4. The molecule has 0 unspecified atom stereocenters. The molecule has 8 heteroatoms. The van der Waals surface area contributed by atoms with Gasteiger partial charge in [0.1, 0.15) is 12.2 Å². The minimum absolute atomic E-state index is 0.273. The van der Waals surface area contributed by atoms with Gasteiger partial charge in [-0.1, -0.05) is 0 Å². The normalized spacial score (nSPS) is 39.5. The average Bonchev–Trinajstić information content (AvgIpc) is 2.91. The summed E-state index contributed by atoms with van der Waals surface area (Å²) in [4.78, 5) is 0. The van der Waals surface area contributed by atoms with Crippen molar-refractivity contribution in [3.8, 4) is 0 Å². The second-order valence-electron chi connectivity index (χ2n) is 4.51. The number of rotatable bonds is 2. The van der Waals surface area contributed by atoms with Gasteiger partial charge in [0.05, 0.1) is 0 Å². The molecule has 0 spiro atoms. The number of methoxy groups -OCH3 is 1. The molecule has 2 saturated heterocycles. The molecule has 0 aromatic carbocycles. The van der Waals surface area contributed by atoms with Crippen LogP contribution in [-0.2, 0) is 18.9 Å². The van der Waals surface area contributed by atoms with E-state index in [2.05, 4.69) is 20.6 Å². The Bertz CT molecular complexity index is 396. The fraction of sp³-hybridized carbons (Fsp3) is 0.889. The van der Waals surface area contributed by atoms with E-state index in [0.29, 0.717) is 5.82 Å². The molecule has 3 heterocycles. The summed E-state index contributed by atoms with van der Waals surface area (Å²) in [7, 11) is 1.57. The van der Waals surface area contributed by atoms with Crippen molar-refractivity contribution in [2.75, 3.05) is 7.11 Å². The smallest absolute Gasteiger partial charge is 0.187 e. The highest BCUT2D eigenvalue weighted by molar-refractivity contribution is 5.02. The third kappa shape index (κ3) is 1.73. The molecule has 3 rings (SSSR count). The molecule has 2 fully saturated rings. The molecule has 0 aliphatic carbocycles. The Morgan fingerprint density at radius 1 is 1.29 bits per heavy atom. The molecule has 0 bridgehead atoms. The van der Waals surface area contributed by atoms with Crippen LogP contribution in [0.3, 0.4) is 0 Å². The lowest BCUT2D eigenvalue weighted by molar-refractivity contribution is -0.229. The number of hydrogen-bond donors (Lipinski definition) is 1. The quantitative estimate of drug-likeness (QED) is 0.765. The van der Waals surface area contributed by atoms with Gasteiger partial charge < -0.3 is 18.9 Å². The van der Waals surface area contributed by atoms with Crippen LogP contribution in [0.2, 0.25) is 0 Å². The van der Waals surface area contributed by atoms with Gasteiger partial charge in [-0.05, 0) is 24.3 Å². The summed E-state index contributed by atoms with van der Waals surface area (Å²) in [6, 6.07) is 0. The van der Waals surface area contributed by atoms with Crippen molar-refractivity contribution >= 4 is 0 Å². The summed E-state index contributed by atoms with van der Waals surface area (Å²) in [5, 5.41) is 13.6. The summed E-state index contributed by atoms with van der Waals surface area (Å²) in [6.07, 6.45) is -1.42. The van der Waals surface area contributed by atoms with Crippen molar-refractivity contribution in [3.05, 3.63) is 5.82 Å². The minimum atomic E-state index is -0.651. The van der Waals surface area contributed by atoms with E-state index in [4.69, 9.17) is 18.9 Å². The molecule has 1 aromatic rings. The Balaban J connectivity index is 1.88. The predicted molar refractivity (Wildman–Crippen MR) is 52.6 cm³/mol. The van der Waals surface area contributed by atoms with Crippen molar-refractivity contribution < 1.29 is 18.9 Å². The van der Waals surface area contributed by atoms with E-state index in [9.17, 15) is 0 Å². The number of aromatic amines is 1. The molecule has 94 valence electrons. The van der Waals surface area contributed by atoms with Crippen LogP contribution in [0.1, 0.15) is 25.8 Å². The van der Waals surface area contributed by atoms with Gasteiger partial charge in [0, 0.05) is 7.11 Å². The van der Waals surface area contributed by atoms with Crippen LogP contribution >= 0.6 is 0 Å². The van der Waals surface area contributed by atoms with E-state index < -0.39 is 18.2 Å². The summed E-state index contributed by atoms with van der Waals surface area (Å²) in [5.41, 5.74) is 0. The van der Waals surface area contributed by atoms with Gasteiger partial charge in [-0.25, -0.2) is 5.10 Å². The zero-order valence-corrected chi connectivity index (χ0v) is 9.78. The van der Waals surface area contributed by atoms with E-state index in [-0.39, 0.29) is 12.2 Å². The van der Waals surface area contributed by atoms with E-state index in [1.807, 2.05) is 13.8 Å². The molecular weight excluding hydrogens is 228 g/mol. The monoisotopic (exact) mass is 242 g/mol. The van der Waals surface area contributed by atoms with Gasteiger partial charge in [-0.3, -0.25) is 0 Å². The highest BCUT2D eigenvalue weighted by Crippen LogP contribution is 2.44. The van der Waals surface area contributed by atoms with E-state index in [1.54, 1.807) is 7.11 Å². The largest absolute Gasteiger partial charge is 0.353 e. The second-order valence-corrected chi connectivity index (χ2v) is 4.51. The predicted octanol–water partition coefficient (Wildman–Crippen LogP) is -0.236. The minimum Gasteiger partial charge on any atom is -0.353 e. The second kappa shape index (κ2) is 3.70. The summed E-state index contributed by atoms with van der Waals surface area (Å²) >= 11 is 0. The zero-order chi connectivity index (χ0) is 12.0. The zero-order valence-electron chi connectivity index (χ0n) is 9.78. The van der Waals surface area contributed by atoms with Crippen molar-refractivity contribution in [3.63, 3.8) is 0 Å². The first-order chi connectivity index (χ1) is 8.11. The lowest BCUT2D eigenvalue weighted by Gasteiger charge is -2.22. The van der Waals surface area contributed by atoms with E-state index >= 15 is 0 Å². The Labute approximate surface area is 97.6 Å². The number of ether oxygens (including phenoxy) is 4. The third-order valence-electron chi connectivity index (χ3n) is 2.87. The number of nitrogens with one attached hydrogen (secondary N) is 1. The molecule has 17 heavy (non-hydrogen) atoms. The van der Waals surface area contributed by atoms with Gasteiger partial charge in [0.25, 0.3) is 0 Å². The van der Waals surface area contributed by atoms with Crippen molar-refractivity contribution in [2.24, 2.45) is 0 Å². The van der Waals surface area contributed by atoms with Gasteiger partial charge in [-0.15, -0.1) is 5.10 Å². The van der Waals surface area contributed by atoms with Crippen LogP contribution < -0.4 is 0 Å². The fourth-order valence-corrected chi connectivity index (χ4v) is 2.26. The van der Waals surface area contributed by atoms with E-state index in [1.165, 1.54) is 0 Å². The molecule has 0 saturated carbocycles. The Kier molecular flexibility index (Phi) is 2.40. The molecule has 0 amide bonds. The van der Waals surface area contributed by atoms with Crippen LogP contribution in [0.4, 0.5) is 0 Å². The summed E-state index contributed by atoms with van der Waals surface area (Å²) < 4.78 is 22.5. The molecule has 1 N–H and O–H groups in total. The Morgan fingerprint density at radius 2 is 2.06 bits per heavy atom. The fourth-order valence-electron chi connectivity index (χ4n) is 2.26. The Hall–Kier alpha value is -1.09. The third-order valence-corrected chi connectivity index (χ3v) is 2.87. The number of H-pyrrole nitrogens is 1. The molecule has 2 aliphatic heterocycles. The van der Waals surface area contributed by atoms with Crippen LogP contribution in [0.25, 0.3) is 0 Å². The SMILES string of the molecule is CO[C@@H]1O[C@H](c2nnn[nH]2)[C@H]2OC(C)(C)O[C@@H]12. The molecule has 4 atom stereocenters. The van der Waals surface area contributed by atoms with Crippen molar-refractivity contribution in [2.45, 2.75) is 44.2 Å². The lowest BCUT2D eigenvalue weighted by Crippen LogP contribution is -2.30. The summed E-state index contributed by atoms with van der Waals surface area (Å²) in [6.45, 7) is 3.71. The van der Waals surface area contributed by atoms with E-state index in [0.717, 1.165) is 0 Å². The number of nitrogens with zero attached hydrogens (tertiary/aromatic N) is 3. The van der Waals surface area contributed by atoms with Gasteiger partial charge >= 0.3 is 0 Å². The van der Waals surface area contributed by atoms with Gasteiger partial charge in [0.15, 0.2) is 24.0 Å². The molecule has 2 aliphatic rings. The van der Waals surface area contributed by atoms with Crippen molar-refractivity contribution in [1.29, 1.82) is 0 Å². The van der Waals surface area contributed by atoms with Gasteiger partial charge in [0.2, 0.25) is 0 Å². The summed E-state index contributed by atoms with van der Waals surface area (Å²) in [5.74, 6) is -0.137. The molecule has 8 nitrogen and oxygen atoms in total. The number of fused-ring (bicyclic) bond motifs is 1. The van der Waals surface area contributed by atoms with Crippen LogP contribution in [0.15, 0.2) is 0 Å². The first-order valence-electron chi connectivity index (χ1n) is 5.38. The highest BCUT2D eigenvalue weighted by atomic mass is 16.8. The number of hydrogen-bond acceptors (Lipinski definition) is 7. The maximum Gasteiger partial charge on any atom is 0.187 e. The number of tetrazole rings is 1.